The van der Waals surface area contributed by atoms with Crippen molar-refractivity contribution in [3.8, 4) is 16.9 Å². The number of carbonyl (C=O) groups excluding carboxylic acids is 1. The molecular formula is C22H20N4OS2. The smallest absolute Gasteiger partial charge is 0.236 e. The molecule has 0 unspecified atom stereocenters. The summed E-state index contributed by atoms with van der Waals surface area (Å²) in [5, 5.41) is 6.04. The summed E-state index contributed by atoms with van der Waals surface area (Å²) in [5.41, 5.74) is 5.51. The van der Waals surface area contributed by atoms with Gasteiger partial charge in [0.25, 0.3) is 0 Å². The molecular weight excluding hydrogens is 400 g/mol. The van der Waals surface area contributed by atoms with Crippen molar-refractivity contribution in [2.45, 2.75) is 19.0 Å². The van der Waals surface area contributed by atoms with Crippen molar-refractivity contribution in [3.63, 3.8) is 0 Å². The summed E-state index contributed by atoms with van der Waals surface area (Å²) in [4.78, 5) is 21.0. The predicted molar refractivity (Wildman–Crippen MR) is 120 cm³/mol. The van der Waals surface area contributed by atoms with Crippen LogP contribution in [0.15, 0.2) is 71.5 Å². The first-order chi connectivity index (χ1) is 14.1. The van der Waals surface area contributed by atoms with Gasteiger partial charge in [0.15, 0.2) is 10.3 Å². The molecule has 146 valence electrons. The molecule has 0 fully saturated rings. The Labute approximate surface area is 177 Å². The Morgan fingerprint density at radius 2 is 1.90 bits per heavy atom. The van der Waals surface area contributed by atoms with Gasteiger partial charge < -0.3 is 5.32 Å². The number of imidazole rings is 1. The van der Waals surface area contributed by atoms with Crippen molar-refractivity contribution in [1.29, 1.82) is 0 Å². The third kappa shape index (κ3) is 4.41. The topological polar surface area (TPSA) is 59.8 Å². The molecule has 0 aliphatic carbocycles. The van der Waals surface area contributed by atoms with E-state index in [0.717, 1.165) is 27.7 Å². The van der Waals surface area contributed by atoms with Gasteiger partial charge in [-0.25, -0.2) is 9.97 Å². The molecule has 1 amide bonds. The van der Waals surface area contributed by atoms with Crippen molar-refractivity contribution < 1.29 is 4.79 Å². The highest BCUT2D eigenvalue weighted by Crippen LogP contribution is 2.31. The quantitative estimate of drug-likeness (QED) is 0.428. The first kappa shape index (κ1) is 19.4. The summed E-state index contributed by atoms with van der Waals surface area (Å²) < 4.78 is 2.13. The molecule has 4 rings (SSSR count). The van der Waals surface area contributed by atoms with E-state index in [0.29, 0.717) is 5.13 Å². The van der Waals surface area contributed by atoms with Crippen LogP contribution in [0.25, 0.3) is 16.9 Å². The van der Waals surface area contributed by atoms with Crippen LogP contribution in [0.5, 0.6) is 0 Å². The van der Waals surface area contributed by atoms with E-state index in [9.17, 15) is 4.79 Å². The highest BCUT2D eigenvalue weighted by Gasteiger charge is 2.17. The fourth-order valence-corrected chi connectivity index (χ4v) is 4.31. The number of thiazole rings is 1. The van der Waals surface area contributed by atoms with E-state index in [4.69, 9.17) is 0 Å². The number of aryl methyl sites for hydroxylation is 2. The van der Waals surface area contributed by atoms with Gasteiger partial charge in [-0.2, -0.15) is 0 Å². The second-order valence-electron chi connectivity index (χ2n) is 6.59. The monoisotopic (exact) mass is 420 g/mol. The van der Waals surface area contributed by atoms with Crippen LogP contribution in [0.4, 0.5) is 5.13 Å². The Balaban J connectivity index is 1.66. The zero-order chi connectivity index (χ0) is 20.2. The lowest BCUT2D eigenvalue weighted by Crippen LogP contribution is -2.14. The fraction of sp³-hybridized carbons (Fsp3) is 0.136. The Bertz CT molecular complexity index is 1120. The summed E-state index contributed by atoms with van der Waals surface area (Å²) in [6.07, 6.45) is 3.55. The minimum absolute atomic E-state index is 0.0961. The summed E-state index contributed by atoms with van der Waals surface area (Å²) in [5.74, 6) is 0.164. The summed E-state index contributed by atoms with van der Waals surface area (Å²) in [7, 11) is 0. The Morgan fingerprint density at radius 1 is 1.10 bits per heavy atom. The number of hydrogen-bond acceptors (Lipinski definition) is 5. The Kier molecular flexibility index (Phi) is 5.78. The molecule has 0 bridgehead atoms. The van der Waals surface area contributed by atoms with E-state index >= 15 is 0 Å². The number of nitrogens with one attached hydrogen (secondary N) is 1. The number of aromatic nitrogens is 3. The molecule has 0 spiro atoms. The van der Waals surface area contributed by atoms with Gasteiger partial charge in [-0.15, -0.1) is 11.3 Å². The van der Waals surface area contributed by atoms with Crippen LogP contribution in [0, 0.1) is 13.8 Å². The summed E-state index contributed by atoms with van der Waals surface area (Å²) in [6.45, 7) is 4.16. The molecule has 0 radical (unpaired) electrons. The minimum atomic E-state index is -0.0961. The lowest BCUT2D eigenvalue weighted by Gasteiger charge is -2.14. The third-order valence-corrected chi connectivity index (χ3v) is 6.09. The fourth-order valence-electron chi connectivity index (χ4n) is 2.98. The molecule has 2 aromatic heterocycles. The van der Waals surface area contributed by atoms with E-state index < -0.39 is 0 Å². The first-order valence-corrected chi connectivity index (χ1v) is 11.0. The number of benzene rings is 2. The van der Waals surface area contributed by atoms with E-state index in [2.05, 4.69) is 70.1 Å². The molecule has 0 atom stereocenters. The largest absolute Gasteiger partial charge is 0.301 e. The van der Waals surface area contributed by atoms with Crippen LogP contribution < -0.4 is 5.32 Å². The molecule has 5 nitrogen and oxygen atoms in total. The molecule has 0 saturated heterocycles. The maximum atomic E-state index is 12.3. The lowest BCUT2D eigenvalue weighted by atomic mass is 10.1. The van der Waals surface area contributed by atoms with Gasteiger partial charge in [0.1, 0.15) is 0 Å². The maximum absolute atomic E-state index is 12.3. The van der Waals surface area contributed by atoms with Gasteiger partial charge in [-0.3, -0.25) is 9.36 Å². The Morgan fingerprint density at radius 3 is 2.62 bits per heavy atom. The molecule has 0 saturated carbocycles. The van der Waals surface area contributed by atoms with Gasteiger partial charge in [-0.05, 0) is 25.5 Å². The number of anilines is 1. The predicted octanol–water partition coefficient (Wildman–Crippen LogP) is 5.34. The van der Waals surface area contributed by atoms with E-state index in [1.807, 2.05) is 23.7 Å². The summed E-state index contributed by atoms with van der Waals surface area (Å²) >= 11 is 2.82. The van der Waals surface area contributed by atoms with Crippen LogP contribution in [0.1, 0.15) is 11.1 Å². The number of hydrogen-bond donors (Lipinski definition) is 1. The van der Waals surface area contributed by atoms with Gasteiger partial charge in [0.05, 0.1) is 23.3 Å². The van der Waals surface area contributed by atoms with Crippen LogP contribution >= 0.6 is 23.1 Å². The SMILES string of the molecule is Cc1ccc(-c2cnc(SCC(=O)Nc3nccs3)n2-c2ccccc2C)cc1. The van der Waals surface area contributed by atoms with Crippen molar-refractivity contribution in [3.05, 3.63) is 77.4 Å². The van der Waals surface area contributed by atoms with Crippen molar-refractivity contribution in [1.82, 2.24) is 14.5 Å². The number of para-hydroxylation sites is 1. The summed E-state index contributed by atoms with van der Waals surface area (Å²) in [6, 6.07) is 16.6. The second-order valence-corrected chi connectivity index (χ2v) is 8.43. The maximum Gasteiger partial charge on any atom is 0.236 e. The van der Waals surface area contributed by atoms with Crippen LogP contribution in [0.3, 0.4) is 0 Å². The molecule has 2 aromatic carbocycles. The standard InChI is InChI=1S/C22H20N4OS2/c1-15-7-9-17(10-8-15)19-13-24-22(26(19)18-6-4-3-5-16(18)2)29-14-20(27)25-21-23-11-12-28-21/h3-13H,14H2,1-2H3,(H,23,25,27). The second kappa shape index (κ2) is 8.63. The van der Waals surface area contributed by atoms with Crippen LogP contribution in [-0.4, -0.2) is 26.2 Å². The molecule has 29 heavy (non-hydrogen) atoms. The van der Waals surface area contributed by atoms with Gasteiger partial charge in [0.2, 0.25) is 5.91 Å². The third-order valence-electron chi connectivity index (χ3n) is 4.44. The average molecular weight is 421 g/mol. The lowest BCUT2D eigenvalue weighted by molar-refractivity contribution is -0.113. The number of amides is 1. The molecule has 4 aromatic rings. The first-order valence-electron chi connectivity index (χ1n) is 9.15. The zero-order valence-electron chi connectivity index (χ0n) is 16.1. The number of rotatable bonds is 6. The van der Waals surface area contributed by atoms with Crippen molar-refractivity contribution in [2.75, 3.05) is 11.1 Å². The van der Waals surface area contributed by atoms with E-state index in [1.54, 1.807) is 6.20 Å². The van der Waals surface area contributed by atoms with E-state index in [1.165, 1.54) is 28.7 Å². The molecule has 1 N–H and O–H groups in total. The molecule has 0 aliphatic heterocycles. The van der Waals surface area contributed by atoms with Crippen LogP contribution in [0.2, 0.25) is 0 Å². The van der Waals surface area contributed by atoms with Crippen molar-refractivity contribution in [2.24, 2.45) is 0 Å². The zero-order valence-corrected chi connectivity index (χ0v) is 17.8. The van der Waals surface area contributed by atoms with Gasteiger partial charge >= 0.3 is 0 Å². The molecule has 7 heteroatoms. The Hall–Kier alpha value is -2.90. The average Bonchev–Trinajstić information content (AvgIpc) is 3.37. The minimum Gasteiger partial charge on any atom is -0.301 e. The number of nitrogens with zero attached hydrogens (tertiary/aromatic N) is 3. The molecule has 2 heterocycles. The number of carbonyl (C=O) groups is 1. The number of thioether (sulfide) groups is 1. The van der Waals surface area contributed by atoms with Crippen molar-refractivity contribution >= 4 is 34.1 Å². The van der Waals surface area contributed by atoms with Gasteiger partial charge in [-0.1, -0.05) is 59.8 Å². The van der Waals surface area contributed by atoms with Gasteiger partial charge in [0, 0.05) is 17.1 Å². The highest BCUT2D eigenvalue weighted by molar-refractivity contribution is 7.99. The molecule has 0 aliphatic rings. The van der Waals surface area contributed by atoms with Crippen LogP contribution in [-0.2, 0) is 4.79 Å². The normalized spacial score (nSPS) is 10.8. The highest BCUT2D eigenvalue weighted by atomic mass is 32.2. The van der Waals surface area contributed by atoms with E-state index in [-0.39, 0.29) is 11.7 Å².